The lowest BCUT2D eigenvalue weighted by molar-refractivity contribution is -0.124. The maximum absolute atomic E-state index is 12.7. The predicted octanol–water partition coefficient (Wildman–Crippen LogP) is 3.75. The van der Waals surface area contributed by atoms with Crippen LogP contribution >= 0.6 is 22.9 Å². The van der Waals surface area contributed by atoms with E-state index in [9.17, 15) is 14.4 Å². The Balaban J connectivity index is 1.61. The Bertz CT molecular complexity index is 927. The summed E-state index contributed by atoms with van der Waals surface area (Å²) in [7, 11) is 0. The zero-order valence-corrected chi connectivity index (χ0v) is 18.5. The summed E-state index contributed by atoms with van der Waals surface area (Å²) in [6.45, 7) is 4.91. The number of carbonyl (C=O) groups excluding carboxylic acids is 3. The van der Waals surface area contributed by atoms with E-state index in [4.69, 9.17) is 11.6 Å². The van der Waals surface area contributed by atoms with Crippen molar-refractivity contribution in [2.45, 2.75) is 18.9 Å². The number of halogens is 1. The van der Waals surface area contributed by atoms with Gasteiger partial charge in [-0.25, -0.2) is 4.79 Å². The second-order valence-corrected chi connectivity index (χ2v) is 8.61. The van der Waals surface area contributed by atoms with E-state index in [1.807, 2.05) is 5.38 Å². The first-order valence-corrected chi connectivity index (χ1v) is 11.3. The summed E-state index contributed by atoms with van der Waals surface area (Å²) in [5.74, 6) is -0.592. The van der Waals surface area contributed by atoms with Gasteiger partial charge in [-0.3, -0.25) is 9.59 Å². The summed E-state index contributed by atoms with van der Waals surface area (Å²) in [5, 5.41) is 10.9. The first-order chi connectivity index (χ1) is 15.0. The number of urea groups is 1. The molecule has 1 aliphatic rings. The number of anilines is 1. The number of likely N-dealkylation sites (tertiary alicyclic amines) is 1. The van der Waals surface area contributed by atoms with Gasteiger partial charge in [-0.1, -0.05) is 29.8 Å². The van der Waals surface area contributed by atoms with Crippen molar-refractivity contribution in [1.82, 2.24) is 15.5 Å². The summed E-state index contributed by atoms with van der Waals surface area (Å²) >= 11 is 7.29. The Kier molecular flexibility index (Phi) is 8.08. The zero-order chi connectivity index (χ0) is 22.2. The topological polar surface area (TPSA) is 90.5 Å². The van der Waals surface area contributed by atoms with Crippen molar-refractivity contribution >= 4 is 46.5 Å². The number of nitrogens with zero attached hydrogens (tertiary/aromatic N) is 1. The van der Waals surface area contributed by atoms with Gasteiger partial charge in [-0.05, 0) is 48.4 Å². The summed E-state index contributed by atoms with van der Waals surface area (Å²) in [4.78, 5) is 40.1. The summed E-state index contributed by atoms with van der Waals surface area (Å²) in [6.07, 6.45) is 2.79. The molecule has 3 N–H and O–H groups in total. The van der Waals surface area contributed by atoms with Crippen molar-refractivity contribution in [3.63, 3.8) is 0 Å². The van der Waals surface area contributed by atoms with Crippen molar-refractivity contribution in [2.24, 2.45) is 5.92 Å². The first kappa shape index (κ1) is 22.8. The van der Waals surface area contributed by atoms with E-state index in [1.165, 1.54) is 11.3 Å². The Morgan fingerprint density at radius 2 is 2.00 bits per heavy atom. The smallest absolute Gasteiger partial charge is 0.321 e. The fourth-order valence-electron chi connectivity index (χ4n) is 3.50. The van der Waals surface area contributed by atoms with E-state index in [2.05, 4.69) is 22.5 Å². The molecule has 1 saturated heterocycles. The Morgan fingerprint density at radius 3 is 2.65 bits per heavy atom. The molecule has 0 unspecified atom stereocenters. The standard InChI is InChI=1S/C22H25ClN4O3S/c1-2-10-24-21(29)19(26-20(28)18-7-4-13-31-18)15-8-11-27(12-9-15)22(30)25-17-6-3-5-16(23)14-17/h2-7,13-15,19H,1,8-12H2,(H,24,29)(H,25,30)(H,26,28)/t19-/m1/s1. The molecule has 7 nitrogen and oxygen atoms in total. The second-order valence-electron chi connectivity index (χ2n) is 7.23. The lowest BCUT2D eigenvalue weighted by Crippen LogP contribution is -2.54. The Labute approximate surface area is 190 Å². The number of rotatable bonds is 7. The fraction of sp³-hybridized carbons (Fsp3) is 0.318. The van der Waals surface area contributed by atoms with Gasteiger partial charge in [0.05, 0.1) is 4.88 Å². The van der Waals surface area contributed by atoms with Crippen LogP contribution in [0, 0.1) is 5.92 Å². The number of nitrogens with one attached hydrogen (secondary N) is 3. The molecule has 1 aliphatic heterocycles. The fourth-order valence-corrected chi connectivity index (χ4v) is 4.32. The average Bonchev–Trinajstić information content (AvgIpc) is 3.31. The molecule has 0 radical (unpaired) electrons. The van der Waals surface area contributed by atoms with Crippen molar-refractivity contribution in [1.29, 1.82) is 0 Å². The molecular formula is C22H25ClN4O3S. The minimum absolute atomic E-state index is 0.0797. The number of hydrogen-bond acceptors (Lipinski definition) is 4. The summed E-state index contributed by atoms with van der Waals surface area (Å²) < 4.78 is 0. The lowest BCUT2D eigenvalue weighted by atomic mass is 9.88. The van der Waals surface area contributed by atoms with E-state index in [-0.39, 0.29) is 23.8 Å². The van der Waals surface area contributed by atoms with Crippen molar-refractivity contribution in [3.8, 4) is 0 Å². The van der Waals surface area contributed by atoms with Crippen LogP contribution in [0.4, 0.5) is 10.5 Å². The van der Waals surface area contributed by atoms with Crippen LogP contribution in [0.1, 0.15) is 22.5 Å². The van der Waals surface area contributed by atoms with Gasteiger partial charge < -0.3 is 20.9 Å². The number of amides is 4. The summed E-state index contributed by atoms with van der Waals surface area (Å²) in [6, 6.07) is 9.61. The van der Waals surface area contributed by atoms with Crippen molar-refractivity contribution in [3.05, 3.63) is 64.3 Å². The van der Waals surface area contributed by atoms with Crippen LogP contribution in [-0.2, 0) is 4.79 Å². The van der Waals surface area contributed by atoms with E-state index >= 15 is 0 Å². The average molecular weight is 461 g/mol. The van der Waals surface area contributed by atoms with Gasteiger partial charge in [0.15, 0.2) is 0 Å². The van der Waals surface area contributed by atoms with Gasteiger partial charge >= 0.3 is 6.03 Å². The minimum Gasteiger partial charge on any atom is -0.351 e. The molecular weight excluding hydrogens is 436 g/mol. The highest BCUT2D eigenvalue weighted by Crippen LogP contribution is 2.23. The van der Waals surface area contributed by atoms with Crippen LogP contribution in [0.25, 0.3) is 0 Å². The molecule has 2 heterocycles. The SMILES string of the molecule is C=CCNC(=O)[C@H](NC(=O)c1cccs1)C1CCN(C(=O)Nc2cccc(Cl)c2)CC1. The number of hydrogen-bond donors (Lipinski definition) is 3. The van der Waals surface area contributed by atoms with Crippen molar-refractivity contribution in [2.75, 3.05) is 25.0 Å². The molecule has 1 atom stereocenters. The molecule has 3 rings (SSSR count). The maximum atomic E-state index is 12.7. The second kappa shape index (κ2) is 11.0. The molecule has 31 heavy (non-hydrogen) atoms. The largest absolute Gasteiger partial charge is 0.351 e. The monoisotopic (exact) mass is 460 g/mol. The van der Waals surface area contributed by atoms with E-state index in [1.54, 1.807) is 47.4 Å². The van der Waals surface area contributed by atoms with Crippen LogP contribution in [0.15, 0.2) is 54.4 Å². The van der Waals surface area contributed by atoms with Crippen LogP contribution in [0.3, 0.4) is 0 Å². The van der Waals surface area contributed by atoms with E-state index in [0.717, 1.165) is 0 Å². The molecule has 1 aromatic heterocycles. The third-order valence-corrected chi connectivity index (χ3v) is 6.21. The molecule has 164 valence electrons. The molecule has 4 amide bonds. The van der Waals surface area contributed by atoms with E-state index < -0.39 is 6.04 Å². The normalized spacial score (nSPS) is 15.1. The molecule has 1 aromatic carbocycles. The predicted molar refractivity (Wildman–Crippen MR) is 124 cm³/mol. The number of carbonyl (C=O) groups is 3. The Morgan fingerprint density at radius 1 is 1.23 bits per heavy atom. The summed E-state index contributed by atoms with van der Waals surface area (Å²) in [5.41, 5.74) is 0.629. The van der Waals surface area contributed by atoms with Crippen LogP contribution in [0.5, 0.6) is 0 Å². The first-order valence-electron chi connectivity index (χ1n) is 10.0. The highest BCUT2D eigenvalue weighted by atomic mass is 35.5. The molecule has 9 heteroatoms. The molecule has 0 aliphatic carbocycles. The molecule has 2 aromatic rings. The number of thiophene rings is 1. The van der Waals surface area contributed by atoms with Gasteiger partial charge in [0, 0.05) is 30.3 Å². The zero-order valence-electron chi connectivity index (χ0n) is 17.0. The van der Waals surface area contributed by atoms with Gasteiger partial charge in [-0.2, -0.15) is 0 Å². The van der Waals surface area contributed by atoms with Crippen molar-refractivity contribution < 1.29 is 14.4 Å². The third-order valence-electron chi connectivity index (χ3n) is 5.11. The number of piperidine rings is 1. The molecule has 1 fully saturated rings. The highest BCUT2D eigenvalue weighted by molar-refractivity contribution is 7.12. The molecule has 0 bridgehead atoms. The Hall–Kier alpha value is -2.84. The van der Waals surface area contributed by atoms with Gasteiger partial charge in [0.25, 0.3) is 5.91 Å². The third kappa shape index (κ3) is 6.32. The van der Waals surface area contributed by atoms with E-state index in [0.29, 0.717) is 48.1 Å². The number of benzene rings is 1. The maximum Gasteiger partial charge on any atom is 0.321 e. The lowest BCUT2D eigenvalue weighted by Gasteiger charge is -2.35. The molecule has 0 saturated carbocycles. The van der Waals surface area contributed by atoms with Crippen LogP contribution in [-0.4, -0.2) is 48.4 Å². The van der Waals surface area contributed by atoms with Crippen LogP contribution < -0.4 is 16.0 Å². The van der Waals surface area contributed by atoms with Gasteiger partial charge in [-0.15, -0.1) is 17.9 Å². The van der Waals surface area contributed by atoms with Crippen LogP contribution in [0.2, 0.25) is 5.02 Å². The highest BCUT2D eigenvalue weighted by Gasteiger charge is 2.34. The minimum atomic E-state index is -0.673. The van der Waals surface area contributed by atoms with Gasteiger partial charge in [0.2, 0.25) is 5.91 Å². The van der Waals surface area contributed by atoms with Gasteiger partial charge in [0.1, 0.15) is 6.04 Å². The quantitative estimate of drug-likeness (QED) is 0.549. The molecule has 0 spiro atoms.